The van der Waals surface area contributed by atoms with Crippen molar-refractivity contribution in [3.63, 3.8) is 0 Å². The van der Waals surface area contributed by atoms with Crippen LogP contribution in [0, 0.1) is 5.82 Å². The summed E-state index contributed by atoms with van der Waals surface area (Å²) in [7, 11) is -1.79. The van der Waals surface area contributed by atoms with E-state index in [1.807, 2.05) is 0 Å². The molecule has 1 aromatic rings. The Kier molecular flexibility index (Phi) is 3.93. The predicted molar refractivity (Wildman–Crippen MR) is 75.5 cm³/mol. The molecule has 4 N–H and O–H groups in total. The molecule has 0 unspecified atom stereocenters. The summed E-state index contributed by atoms with van der Waals surface area (Å²) in [5, 5.41) is 8.73. The number of hydrogen-bond acceptors (Lipinski definition) is 5. The summed E-state index contributed by atoms with van der Waals surface area (Å²) in [4.78, 5) is 11.8. The lowest BCUT2D eigenvalue weighted by molar-refractivity contribution is 0.156. The lowest BCUT2D eigenvalue weighted by atomic mass is 10.2. The zero-order valence-electron chi connectivity index (χ0n) is 10.8. The van der Waals surface area contributed by atoms with Gasteiger partial charge in [0.2, 0.25) is 0 Å². The van der Waals surface area contributed by atoms with E-state index >= 15 is 0 Å². The molecule has 0 aromatic heterocycles. The molecule has 1 aliphatic rings. The molecule has 2 rings (SSSR count). The topological polar surface area (TPSA) is 96.3 Å². The largest absolute Gasteiger partial charge is 0.465 e. The zero-order chi connectivity index (χ0) is 14.9. The number of carboxylic acid groups (broad SMARTS) is 1. The second-order valence-corrected chi connectivity index (χ2v) is 6.12. The Morgan fingerprint density at radius 1 is 1.50 bits per heavy atom. The van der Waals surface area contributed by atoms with E-state index in [4.69, 9.17) is 5.11 Å². The first-order chi connectivity index (χ1) is 9.31. The average Bonchev–Trinajstić information content (AvgIpc) is 2.59. The van der Waals surface area contributed by atoms with Crippen molar-refractivity contribution < 1.29 is 23.4 Å². The van der Waals surface area contributed by atoms with Crippen molar-refractivity contribution in [2.75, 3.05) is 29.2 Å². The highest BCUT2D eigenvalue weighted by Gasteiger charge is 2.33. The van der Waals surface area contributed by atoms with Crippen LogP contribution in [0.25, 0.3) is 0 Å². The highest BCUT2D eigenvalue weighted by atomic mass is 32.3. The number of carbonyl (C=O) groups is 1. The number of fused-ring (bicyclic) bond motifs is 1. The van der Waals surface area contributed by atoms with Crippen molar-refractivity contribution in [2.24, 2.45) is 0 Å². The number of rotatable bonds is 4. The summed E-state index contributed by atoms with van der Waals surface area (Å²) in [6.07, 6.45) is -0.629. The SMILES string of the molecule is CN(CCCN1c2ccc(F)cc2NS1(O)O)C(=O)O. The van der Waals surface area contributed by atoms with Gasteiger partial charge in [0.25, 0.3) is 0 Å². The monoisotopic (exact) mass is 305 g/mol. The minimum Gasteiger partial charge on any atom is -0.465 e. The molecule has 0 bridgehead atoms. The van der Waals surface area contributed by atoms with Gasteiger partial charge in [-0.15, -0.1) is 0 Å². The maximum Gasteiger partial charge on any atom is 0.407 e. The first-order valence-electron chi connectivity index (χ1n) is 5.88. The van der Waals surface area contributed by atoms with Crippen molar-refractivity contribution in [1.82, 2.24) is 4.90 Å². The summed E-state index contributed by atoms with van der Waals surface area (Å²) in [5.41, 5.74) is 0.806. The minimum absolute atomic E-state index is 0.242. The predicted octanol–water partition coefficient (Wildman–Crippen LogP) is 2.64. The molecular weight excluding hydrogens is 289 g/mol. The second-order valence-electron chi connectivity index (χ2n) is 4.44. The molecule has 7 nitrogen and oxygen atoms in total. The third-order valence-electron chi connectivity index (χ3n) is 2.96. The van der Waals surface area contributed by atoms with Crippen molar-refractivity contribution in [3.8, 4) is 0 Å². The van der Waals surface area contributed by atoms with Gasteiger partial charge in [-0.2, -0.15) is 0 Å². The maximum absolute atomic E-state index is 13.1. The molecule has 0 spiro atoms. The smallest absolute Gasteiger partial charge is 0.407 e. The molecule has 0 radical (unpaired) electrons. The van der Waals surface area contributed by atoms with Gasteiger partial charge in [0.1, 0.15) is 5.82 Å². The normalized spacial score (nSPS) is 17.3. The van der Waals surface area contributed by atoms with Crippen LogP contribution in [-0.4, -0.2) is 45.3 Å². The Labute approximate surface area is 117 Å². The molecule has 9 heteroatoms. The Morgan fingerprint density at radius 2 is 2.20 bits per heavy atom. The minimum atomic E-state index is -3.23. The van der Waals surface area contributed by atoms with E-state index in [2.05, 4.69) is 4.72 Å². The molecule has 1 aromatic carbocycles. The van der Waals surface area contributed by atoms with E-state index in [-0.39, 0.29) is 13.1 Å². The molecule has 0 saturated carbocycles. The van der Waals surface area contributed by atoms with Gasteiger partial charge in [-0.1, -0.05) is 0 Å². The Hall–Kier alpha value is -1.71. The standard InChI is InChI=1S/C11H16FN3O4S/c1-14(11(16)17)5-2-6-15-10-4-3-8(12)7-9(10)13-20(15,18)19/h3-4,7,13,18-19H,2,5-6H2,1H3,(H,16,17). The Bertz CT molecular complexity index is 528. The van der Waals surface area contributed by atoms with E-state index in [1.165, 1.54) is 29.6 Å². The molecule has 20 heavy (non-hydrogen) atoms. The fourth-order valence-electron chi connectivity index (χ4n) is 1.94. The van der Waals surface area contributed by atoms with E-state index in [9.17, 15) is 18.3 Å². The van der Waals surface area contributed by atoms with Crippen LogP contribution in [0.15, 0.2) is 18.2 Å². The fourth-order valence-corrected chi connectivity index (χ4v) is 3.33. The van der Waals surface area contributed by atoms with Gasteiger partial charge in [0, 0.05) is 26.2 Å². The second kappa shape index (κ2) is 5.35. The van der Waals surface area contributed by atoms with Gasteiger partial charge in [-0.05, 0) is 29.5 Å². The molecular formula is C11H16FN3O4S. The summed E-state index contributed by atoms with van der Waals surface area (Å²) in [5.74, 6) is -0.473. The van der Waals surface area contributed by atoms with Crippen LogP contribution in [0.2, 0.25) is 0 Å². The fraction of sp³-hybridized carbons (Fsp3) is 0.364. The van der Waals surface area contributed by atoms with Crippen LogP contribution in [0.3, 0.4) is 0 Å². The highest BCUT2D eigenvalue weighted by Crippen LogP contribution is 2.55. The average molecular weight is 305 g/mol. The summed E-state index contributed by atoms with van der Waals surface area (Å²) in [6, 6.07) is 3.88. The maximum atomic E-state index is 13.1. The van der Waals surface area contributed by atoms with Crippen molar-refractivity contribution >= 4 is 28.4 Å². The lowest BCUT2D eigenvalue weighted by Gasteiger charge is -2.37. The number of nitrogens with zero attached hydrogens (tertiary/aromatic N) is 2. The van der Waals surface area contributed by atoms with Crippen molar-refractivity contribution in [2.45, 2.75) is 6.42 Å². The highest BCUT2D eigenvalue weighted by molar-refractivity contribution is 8.26. The number of benzene rings is 1. The first kappa shape index (κ1) is 14.7. The van der Waals surface area contributed by atoms with Gasteiger partial charge in [0.05, 0.1) is 11.4 Å². The third-order valence-corrected chi connectivity index (χ3v) is 4.45. The van der Waals surface area contributed by atoms with Crippen molar-refractivity contribution in [1.29, 1.82) is 0 Å². The van der Waals surface area contributed by atoms with Gasteiger partial charge >= 0.3 is 6.09 Å². The Balaban J connectivity index is 2.06. The summed E-state index contributed by atoms with van der Waals surface area (Å²) >= 11 is 0. The molecule has 1 heterocycles. The van der Waals surface area contributed by atoms with E-state index in [0.29, 0.717) is 17.8 Å². The van der Waals surface area contributed by atoms with Crippen molar-refractivity contribution in [3.05, 3.63) is 24.0 Å². The molecule has 0 fully saturated rings. The third kappa shape index (κ3) is 2.89. The summed E-state index contributed by atoms with van der Waals surface area (Å²) < 4.78 is 36.8. The number of halogens is 1. The van der Waals surface area contributed by atoms with Crippen LogP contribution in [0.1, 0.15) is 6.42 Å². The van der Waals surface area contributed by atoms with Gasteiger partial charge in [0.15, 0.2) is 0 Å². The molecule has 0 atom stereocenters. The number of nitrogens with one attached hydrogen (secondary N) is 1. The summed E-state index contributed by atoms with van der Waals surface area (Å²) in [6.45, 7) is 0.503. The van der Waals surface area contributed by atoms with Crippen LogP contribution in [-0.2, 0) is 0 Å². The lowest BCUT2D eigenvalue weighted by Crippen LogP contribution is -2.31. The van der Waals surface area contributed by atoms with E-state index < -0.39 is 22.9 Å². The quantitative estimate of drug-likeness (QED) is 0.683. The first-order valence-corrected chi connectivity index (χ1v) is 7.39. The van der Waals surface area contributed by atoms with Crippen LogP contribution >= 0.6 is 11.0 Å². The van der Waals surface area contributed by atoms with Gasteiger partial charge in [-0.3, -0.25) is 18.1 Å². The molecule has 0 aliphatic carbocycles. The number of anilines is 2. The van der Waals surface area contributed by atoms with Crippen LogP contribution < -0.4 is 9.03 Å². The molecule has 1 aliphatic heterocycles. The molecule has 1 amide bonds. The van der Waals surface area contributed by atoms with Crippen LogP contribution in [0.4, 0.5) is 20.6 Å². The molecule has 112 valence electrons. The Morgan fingerprint density at radius 3 is 2.85 bits per heavy atom. The van der Waals surface area contributed by atoms with Gasteiger partial charge < -0.3 is 10.0 Å². The van der Waals surface area contributed by atoms with E-state index in [0.717, 1.165) is 4.90 Å². The zero-order valence-corrected chi connectivity index (χ0v) is 11.6. The number of hydrogen-bond donors (Lipinski definition) is 4. The number of amides is 1. The van der Waals surface area contributed by atoms with Crippen LogP contribution in [0.5, 0.6) is 0 Å². The van der Waals surface area contributed by atoms with E-state index in [1.54, 1.807) is 0 Å². The van der Waals surface area contributed by atoms with Gasteiger partial charge in [-0.25, -0.2) is 9.18 Å². The molecule has 0 saturated heterocycles.